The van der Waals surface area contributed by atoms with Crippen LogP contribution in [0.5, 0.6) is 0 Å². The third-order valence-electron chi connectivity index (χ3n) is 2.11. The smallest absolute Gasteiger partial charge is 0.272 e. The van der Waals surface area contributed by atoms with Gasteiger partial charge in [-0.1, -0.05) is 12.1 Å². The van der Waals surface area contributed by atoms with Crippen molar-refractivity contribution in [1.82, 2.24) is 10.4 Å². The van der Waals surface area contributed by atoms with Crippen molar-refractivity contribution >= 4 is 28.1 Å². The van der Waals surface area contributed by atoms with E-state index in [0.717, 1.165) is 10.2 Å². The summed E-state index contributed by atoms with van der Waals surface area (Å²) in [5.74, 6) is -0.250. The fourth-order valence-electron chi connectivity index (χ4n) is 1.29. The number of amides is 1. The van der Waals surface area contributed by atoms with Crippen molar-refractivity contribution in [2.45, 2.75) is 0 Å². The molecule has 5 heteroatoms. The topological polar surface area (TPSA) is 57.2 Å². The summed E-state index contributed by atoms with van der Waals surface area (Å²) in [7, 11) is 0. The van der Waals surface area contributed by atoms with E-state index in [0.29, 0.717) is 5.56 Å². The van der Waals surface area contributed by atoms with Crippen LogP contribution in [0.25, 0.3) is 0 Å². The van der Waals surface area contributed by atoms with Crippen LogP contribution in [0.3, 0.4) is 0 Å². The first-order chi connectivity index (χ1) is 8.27. The summed E-state index contributed by atoms with van der Waals surface area (Å²) in [5.41, 5.74) is 3.84. The second-order valence-electron chi connectivity index (χ2n) is 3.30. The number of aromatic amines is 1. The Hall–Kier alpha value is -1.88. The maximum absolute atomic E-state index is 11.7. The maximum atomic E-state index is 11.7. The highest BCUT2D eigenvalue weighted by Crippen LogP contribution is 2.15. The predicted molar refractivity (Wildman–Crippen MR) is 70.0 cm³/mol. The number of nitrogens with one attached hydrogen (secondary N) is 2. The fraction of sp³-hybridized carbons (Fsp3) is 0. The van der Waals surface area contributed by atoms with Gasteiger partial charge in [-0.25, -0.2) is 5.43 Å². The van der Waals surface area contributed by atoms with E-state index in [2.05, 4.69) is 31.4 Å². The zero-order valence-electron chi connectivity index (χ0n) is 8.85. The molecule has 2 aromatic rings. The fourth-order valence-corrected chi connectivity index (χ4v) is 1.76. The van der Waals surface area contributed by atoms with Crippen molar-refractivity contribution < 1.29 is 4.79 Å². The Morgan fingerprint density at radius 2 is 2.12 bits per heavy atom. The van der Waals surface area contributed by atoms with Gasteiger partial charge >= 0.3 is 0 Å². The Morgan fingerprint density at radius 3 is 2.82 bits per heavy atom. The Bertz CT molecular complexity index is 534. The highest BCUT2D eigenvalue weighted by atomic mass is 79.9. The Balaban J connectivity index is 2.01. The maximum Gasteiger partial charge on any atom is 0.272 e. The van der Waals surface area contributed by atoms with Gasteiger partial charge in [-0.3, -0.25) is 4.79 Å². The lowest BCUT2D eigenvalue weighted by Gasteiger charge is -2.01. The van der Waals surface area contributed by atoms with Crippen molar-refractivity contribution in [2.75, 3.05) is 0 Å². The van der Waals surface area contributed by atoms with E-state index in [9.17, 15) is 4.79 Å². The van der Waals surface area contributed by atoms with E-state index >= 15 is 0 Å². The van der Waals surface area contributed by atoms with Crippen LogP contribution in [0, 0.1) is 0 Å². The Morgan fingerprint density at radius 1 is 1.29 bits per heavy atom. The monoisotopic (exact) mass is 291 g/mol. The second kappa shape index (κ2) is 5.45. The van der Waals surface area contributed by atoms with Crippen LogP contribution in [-0.2, 0) is 0 Å². The lowest BCUT2D eigenvalue weighted by atomic mass is 10.2. The largest absolute Gasteiger partial charge is 0.360 e. The summed E-state index contributed by atoms with van der Waals surface area (Å²) in [6.07, 6.45) is 3.34. The Labute approximate surface area is 107 Å². The predicted octanol–water partition coefficient (Wildman–Crippen LogP) is 2.54. The van der Waals surface area contributed by atoms with Crippen LogP contribution in [0.4, 0.5) is 0 Å². The zero-order chi connectivity index (χ0) is 12.1. The molecule has 0 radical (unpaired) electrons. The van der Waals surface area contributed by atoms with Crippen LogP contribution in [0.2, 0.25) is 0 Å². The molecule has 0 saturated carbocycles. The van der Waals surface area contributed by atoms with Crippen molar-refractivity contribution in [3.63, 3.8) is 0 Å². The summed E-state index contributed by atoms with van der Waals surface area (Å²) in [5, 5.41) is 3.85. The van der Waals surface area contributed by atoms with Crippen molar-refractivity contribution in [3.05, 3.63) is 58.3 Å². The van der Waals surface area contributed by atoms with Crippen molar-refractivity contribution in [1.29, 1.82) is 0 Å². The van der Waals surface area contributed by atoms with Gasteiger partial charge < -0.3 is 4.98 Å². The van der Waals surface area contributed by atoms with Gasteiger partial charge in [0.2, 0.25) is 0 Å². The molecule has 86 valence electrons. The number of hydrazone groups is 1. The number of nitrogens with zero attached hydrogens (tertiary/aromatic N) is 1. The van der Waals surface area contributed by atoms with Crippen LogP contribution in [0.15, 0.2) is 52.2 Å². The molecule has 0 spiro atoms. The first-order valence-electron chi connectivity index (χ1n) is 4.98. The molecule has 0 aliphatic carbocycles. The van der Waals surface area contributed by atoms with Gasteiger partial charge in [-0.05, 0) is 40.2 Å². The summed E-state index contributed by atoms with van der Waals surface area (Å²) in [6, 6.07) is 10.9. The highest BCUT2D eigenvalue weighted by Gasteiger charge is 2.07. The van der Waals surface area contributed by atoms with Crippen LogP contribution in [-0.4, -0.2) is 17.1 Å². The van der Waals surface area contributed by atoms with Gasteiger partial charge in [0.05, 0.1) is 17.5 Å². The van der Waals surface area contributed by atoms with E-state index in [-0.39, 0.29) is 5.91 Å². The number of benzene rings is 1. The van der Waals surface area contributed by atoms with Gasteiger partial charge in [0.1, 0.15) is 0 Å². The van der Waals surface area contributed by atoms with Gasteiger partial charge in [0.25, 0.3) is 5.91 Å². The van der Waals surface area contributed by atoms with E-state index in [1.807, 2.05) is 24.3 Å². The molecule has 0 fully saturated rings. The molecule has 4 nitrogen and oxygen atoms in total. The third-order valence-corrected chi connectivity index (χ3v) is 2.80. The molecule has 1 amide bonds. The Kier molecular flexibility index (Phi) is 3.72. The molecule has 17 heavy (non-hydrogen) atoms. The first-order valence-corrected chi connectivity index (χ1v) is 5.78. The molecule has 2 N–H and O–H groups in total. The van der Waals surface area contributed by atoms with Crippen LogP contribution < -0.4 is 5.43 Å². The SMILES string of the molecule is O=C(N/N=C/c1ccc[nH]1)c1ccccc1Br. The molecular formula is C12H10BrN3O. The quantitative estimate of drug-likeness (QED) is 0.663. The summed E-state index contributed by atoms with van der Waals surface area (Å²) in [6.45, 7) is 0. The summed E-state index contributed by atoms with van der Waals surface area (Å²) >= 11 is 3.31. The molecule has 0 aliphatic heterocycles. The second-order valence-corrected chi connectivity index (χ2v) is 4.16. The van der Waals surface area contributed by atoms with Crippen LogP contribution >= 0.6 is 15.9 Å². The minimum absolute atomic E-state index is 0.250. The molecule has 2 rings (SSSR count). The molecular weight excluding hydrogens is 282 g/mol. The van der Waals surface area contributed by atoms with Gasteiger partial charge in [-0.15, -0.1) is 0 Å². The zero-order valence-corrected chi connectivity index (χ0v) is 10.4. The number of H-pyrrole nitrogens is 1. The van der Waals surface area contributed by atoms with Crippen molar-refractivity contribution in [2.24, 2.45) is 5.10 Å². The molecule has 0 saturated heterocycles. The average molecular weight is 292 g/mol. The molecule has 0 aliphatic rings. The van der Waals surface area contributed by atoms with E-state index in [1.54, 1.807) is 24.5 Å². The van der Waals surface area contributed by atoms with E-state index in [4.69, 9.17) is 0 Å². The number of rotatable bonds is 3. The highest BCUT2D eigenvalue weighted by molar-refractivity contribution is 9.10. The van der Waals surface area contributed by atoms with Gasteiger partial charge in [-0.2, -0.15) is 5.10 Å². The summed E-state index contributed by atoms with van der Waals surface area (Å²) in [4.78, 5) is 14.7. The van der Waals surface area contributed by atoms with E-state index < -0.39 is 0 Å². The van der Waals surface area contributed by atoms with E-state index in [1.165, 1.54) is 0 Å². The lowest BCUT2D eigenvalue weighted by Crippen LogP contribution is -2.18. The number of halogens is 1. The summed E-state index contributed by atoms with van der Waals surface area (Å²) < 4.78 is 0.743. The number of carbonyl (C=O) groups is 1. The lowest BCUT2D eigenvalue weighted by molar-refractivity contribution is 0.0954. The van der Waals surface area contributed by atoms with Gasteiger partial charge in [0, 0.05) is 10.7 Å². The van der Waals surface area contributed by atoms with Gasteiger partial charge in [0.15, 0.2) is 0 Å². The third kappa shape index (κ3) is 3.04. The first kappa shape index (κ1) is 11.6. The van der Waals surface area contributed by atoms with Crippen molar-refractivity contribution in [3.8, 4) is 0 Å². The standard InChI is InChI=1S/C12H10BrN3O/c13-11-6-2-1-5-10(11)12(17)16-15-8-9-4-3-7-14-9/h1-8,14H,(H,16,17)/b15-8+. The molecule has 0 bridgehead atoms. The molecule has 1 heterocycles. The minimum Gasteiger partial charge on any atom is -0.360 e. The number of aromatic nitrogens is 1. The van der Waals surface area contributed by atoms with Crippen LogP contribution in [0.1, 0.15) is 16.1 Å². The molecule has 0 atom stereocenters. The number of hydrogen-bond donors (Lipinski definition) is 2. The number of hydrogen-bond acceptors (Lipinski definition) is 2. The molecule has 1 aromatic carbocycles. The number of carbonyl (C=O) groups excluding carboxylic acids is 1. The molecule has 0 unspecified atom stereocenters. The minimum atomic E-state index is -0.250. The molecule has 1 aromatic heterocycles. The average Bonchev–Trinajstić information content (AvgIpc) is 2.82. The normalized spacial score (nSPS) is 10.6.